The predicted molar refractivity (Wildman–Crippen MR) is 96.4 cm³/mol. The summed E-state index contributed by atoms with van der Waals surface area (Å²) in [5, 5.41) is 14.2. The summed E-state index contributed by atoms with van der Waals surface area (Å²) in [6, 6.07) is 11.7. The maximum atomic E-state index is 12.7. The van der Waals surface area contributed by atoms with Gasteiger partial charge in [0.1, 0.15) is 0 Å². The van der Waals surface area contributed by atoms with Crippen molar-refractivity contribution in [3.63, 3.8) is 0 Å². The predicted octanol–water partition coefficient (Wildman–Crippen LogP) is 1.41. The number of rotatable bonds is 4. The van der Waals surface area contributed by atoms with Gasteiger partial charge >= 0.3 is 5.97 Å². The number of morpholine rings is 1. The number of fused-ring (bicyclic) bond motifs is 1. The van der Waals surface area contributed by atoms with Crippen LogP contribution in [0.15, 0.2) is 48.8 Å². The van der Waals surface area contributed by atoms with Crippen LogP contribution in [0.25, 0.3) is 11.0 Å². The van der Waals surface area contributed by atoms with Gasteiger partial charge in [0.15, 0.2) is 11.8 Å². The lowest BCUT2D eigenvalue weighted by Gasteiger charge is -2.30. The molecule has 3 heterocycles. The molecule has 1 saturated heterocycles. The summed E-state index contributed by atoms with van der Waals surface area (Å²) in [5.41, 5.74) is 2.21. The van der Waals surface area contributed by atoms with E-state index in [1.807, 2.05) is 30.3 Å². The van der Waals surface area contributed by atoms with E-state index in [4.69, 9.17) is 9.84 Å². The number of hydrogen-bond acceptors (Lipinski definition) is 5. The Morgan fingerprint density at radius 3 is 2.81 bits per heavy atom. The number of benzene rings is 1. The third-order valence-corrected chi connectivity index (χ3v) is 4.53. The Labute approximate surface area is 155 Å². The fraction of sp³-hybridized carbons (Fsp3) is 0.263. The zero-order chi connectivity index (χ0) is 18.8. The summed E-state index contributed by atoms with van der Waals surface area (Å²) < 4.78 is 6.95. The molecule has 1 aromatic carbocycles. The van der Waals surface area contributed by atoms with Gasteiger partial charge < -0.3 is 14.7 Å². The number of carbonyl (C=O) groups excluding carboxylic acids is 1. The first-order chi connectivity index (χ1) is 13.1. The quantitative estimate of drug-likeness (QED) is 0.750. The average molecular weight is 366 g/mol. The summed E-state index contributed by atoms with van der Waals surface area (Å²) in [4.78, 5) is 29.7. The van der Waals surface area contributed by atoms with Crippen LogP contribution < -0.4 is 0 Å². The van der Waals surface area contributed by atoms with Gasteiger partial charge in [0.05, 0.1) is 31.5 Å². The third-order valence-electron chi connectivity index (χ3n) is 4.53. The molecule has 8 heteroatoms. The van der Waals surface area contributed by atoms with Crippen LogP contribution in [0.1, 0.15) is 15.9 Å². The Bertz CT molecular complexity index is 986. The molecule has 138 valence electrons. The van der Waals surface area contributed by atoms with E-state index < -0.39 is 12.1 Å². The van der Waals surface area contributed by atoms with Crippen LogP contribution in [0.2, 0.25) is 0 Å². The molecule has 0 saturated carbocycles. The molecular formula is C19H18N4O4. The number of pyridine rings is 1. The SMILES string of the molecule is O=C(O)[C@@H]1CN(C(=O)c2cnc3c(cnn3Cc3ccccc3)c2)CCO1. The second-order valence-electron chi connectivity index (χ2n) is 6.37. The smallest absolute Gasteiger partial charge is 0.334 e. The van der Waals surface area contributed by atoms with Crippen LogP contribution in [0.5, 0.6) is 0 Å². The molecule has 1 atom stereocenters. The zero-order valence-corrected chi connectivity index (χ0v) is 14.5. The number of ether oxygens (including phenoxy) is 1. The van der Waals surface area contributed by atoms with E-state index in [1.54, 1.807) is 16.9 Å². The Kier molecular flexibility index (Phi) is 4.55. The van der Waals surface area contributed by atoms with E-state index in [1.165, 1.54) is 11.1 Å². The van der Waals surface area contributed by atoms with Crippen LogP contribution in [0, 0.1) is 0 Å². The molecule has 2 aromatic heterocycles. The molecule has 3 aromatic rings. The topological polar surface area (TPSA) is 97.5 Å². The first-order valence-corrected chi connectivity index (χ1v) is 8.61. The molecule has 0 radical (unpaired) electrons. The number of carboxylic acid groups (broad SMARTS) is 1. The van der Waals surface area contributed by atoms with E-state index >= 15 is 0 Å². The normalized spacial score (nSPS) is 17.2. The van der Waals surface area contributed by atoms with Gasteiger partial charge in [0.2, 0.25) is 0 Å². The van der Waals surface area contributed by atoms with Crippen molar-refractivity contribution < 1.29 is 19.4 Å². The molecule has 1 aliphatic heterocycles. The van der Waals surface area contributed by atoms with Crippen molar-refractivity contribution >= 4 is 22.9 Å². The number of amides is 1. The molecule has 8 nitrogen and oxygen atoms in total. The second-order valence-corrected chi connectivity index (χ2v) is 6.37. The van der Waals surface area contributed by atoms with Crippen molar-refractivity contribution in [1.82, 2.24) is 19.7 Å². The van der Waals surface area contributed by atoms with Gasteiger partial charge in [0.25, 0.3) is 5.91 Å². The largest absolute Gasteiger partial charge is 0.479 e. The fourth-order valence-electron chi connectivity index (χ4n) is 3.13. The summed E-state index contributed by atoms with van der Waals surface area (Å²) >= 11 is 0. The number of carbonyl (C=O) groups is 2. The van der Waals surface area contributed by atoms with Crippen LogP contribution in [-0.2, 0) is 16.1 Å². The van der Waals surface area contributed by atoms with Gasteiger partial charge in [-0.05, 0) is 11.6 Å². The number of hydrogen-bond donors (Lipinski definition) is 1. The van der Waals surface area contributed by atoms with Crippen molar-refractivity contribution in [1.29, 1.82) is 0 Å². The average Bonchev–Trinajstić information content (AvgIpc) is 3.10. The van der Waals surface area contributed by atoms with E-state index in [0.29, 0.717) is 24.3 Å². The summed E-state index contributed by atoms with van der Waals surface area (Å²) in [7, 11) is 0. The van der Waals surface area contributed by atoms with Crippen LogP contribution in [0.3, 0.4) is 0 Å². The molecule has 1 aliphatic rings. The number of carboxylic acids is 1. The first-order valence-electron chi connectivity index (χ1n) is 8.61. The minimum absolute atomic E-state index is 0.0273. The van der Waals surface area contributed by atoms with Gasteiger partial charge in [-0.25, -0.2) is 14.5 Å². The standard InChI is InChI=1S/C19H18N4O4/c24-18(22-6-7-27-16(12-22)19(25)26)15-8-14-10-21-23(17(14)20-9-15)11-13-4-2-1-3-5-13/h1-5,8-10,16H,6-7,11-12H2,(H,25,26)/t16-/m0/s1. The Morgan fingerprint density at radius 1 is 1.22 bits per heavy atom. The summed E-state index contributed by atoms with van der Waals surface area (Å²) in [6.45, 7) is 1.18. The molecule has 1 fully saturated rings. The van der Waals surface area contributed by atoms with Crippen molar-refractivity contribution in [3.05, 3.63) is 59.9 Å². The van der Waals surface area contributed by atoms with E-state index in [9.17, 15) is 9.59 Å². The molecule has 1 amide bonds. The molecule has 0 aliphatic carbocycles. The van der Waals surface area contributed by atoms with Gasteiger partial charge in [-0.2, -0.15) is 5.10 Å². The van der Waals surface area contributed by atoms with E-state index in [0.717, 1.165) is 10.9 Å². The highest BCUT2D eigenvalue weighted by atomic mass is 16.5. The highest BCUT2D eigenvalue weighted by molar-refractivity contribution is 5.97. The fourth-order valence-corrected chi connectivity index (χ4v) is 3.13. The van der Waals surface area contributed by atoms with Crippen molar-refractivity contribution in [2.24, 2.45) is 0 Å². The monoisotopic (exact) mass is 366 g/mol. The Balaban J connectivity index is 1.55. The van der Waals surface area contributed by atoms with Crippen LogP contribution in [0.4, 0.5) is 0 Å². The minimum atomic E-state index is -1.07. The molecule has 0 unspecified atom stereocenters. The van der Waals surface area contributed by atoms with Crippen molar-refractivity contribution in [2.75, 3.05) is 19.7 Å². The van der Waals surface area contributed by atoms with E-state index in [-0.39, 0.29) is 19.1 Å². The molecule has 0 bridgehead atoms. The van der Waals surface area contributed by atoms with Crippen LogP contribution in [-0.4, -0.2) is 62.4 Å². The number of nitrogens with zero attached hydrogens (tertiary/aromatic N) is 4. The molecule has 4 rings (SSSR count). The third kappa shape index (κ3) is 3.52. The van der Waals surface area contributed by atoms with Gasteiger partial charge in [-0.3, -0.25) is 4.79 Å². The number of aliphatic carboxylic acids is 1. The summed E-state index contributed by atoms with van der Waals surface area (Å²) in [5.74, 6) is -1.32. The lowest BCUT2D eigenvalue weighted by Crippen LogP contribution is -2.48. The summed E-state index contributed by atoms with van der Waals surface area (Å²) in [6.07, 6.45) is 2.20. The highest BCUT2D eigenvalue weighted by Gasteiger charge is 2.29. The van der Waals surface area contributed by atoms with Gasteiger partial charge in [0, 0.05) is 18.1 Å². The maximum absolute atomic E-state index is 12.7. The lowest BCUT2D eigenvalue weighted by molar-refractivity contribution is -0.154. The maximum Gasteiger partial charge on any atom is 0.334 e. The van der Waals surface area contributed by atoms with Crippen molar-refractivity contribution in [2.45, 2.75) is 12.6 Å². The molecule has 27 heavy (non-hydrogen) atoms. The molecule has 0 spiro atoms. The van der Waals surface area contributed by atoms with Gasteiger partial charge in [-0.1, -0.05) is 30.3 Å². The molecular weight excluding hydrogens is 348 g/mol. The molecule has 1 N–H and O–H groups in total. The zero-order valence-electron chi connectivity index (χ0n) is 14.5. The lowest BCUT2D eigenvalue weighted by atomic mass is 10.2. The second kappa shape index (κ2) is 7.16. The van der Waals surface area contributed by atoms with Crippen LogP contribution >= 0.6 is 0 Å². The minimum Gasteiger partial charge on any atom is -0.479 e. The van der Waals surface area contributed by atoms with Crippen molar-refractivity contribution in [3.8, 4) is 0 Å². The first kappa shape index (κ1) is 17.2. The Morgan fingerprint density at radius 2 is 2.04 bits per heavy atom. The Hall–Kier alpha value is -3.26. The number of aromatic nitrogens is 3. The highest BCUT2D eigenvalue weighted by Crippen LogP contribution is 2.17. The van der Waals surface area contributed by atoms with Gasteiger partial charge in [-0.15, -0.1) is 0 Å². The van der Waals surface area contributed by atoms with E-state index in [2.05, 4.69) is 10.1 Å².